The summed E-state index contributed by atoms with van der Waals surface area (Å²) in [5, 5.41) is 13.7. The molecule has 8 nitrogen and oxygen atoms in total. The highest BCUT2D eigenvalue weighted by Crippen LogP contribution is 2.32. The molecule has 1 saturated heterocycles. The highest BCUT2D eigenvalue weighted by Gasteiger charge is 2.23. The van der Waals surface area contributed by atoms with Crippen LogP contribution in [0.15, 0.2) is 90.2 Å². The van der Waals surface area contributed by atoms with Gasteiger partial charge in [-0.1, -0.05) is 30.3 Å². The molecule has 1 aliphatic heterocycles. The molecule has 1 atom stereocenters. The molecule has 0 saturated carbocycles. The van der Waals surface area contributed by atoms with Crippen molar-refractivity contribution in [1.82, 2.24) is 14.9 Å². The van der Waals surface area contributed by atoms with Crippen LogP contribution in [0.1, 0.15) is 18.4 Å². The average Bonchev–Trinajstić information content (AvgIpc) is 3.30. The van der Waals surface area contributed by atoms with E-state index in [4.69, 9.17) is 4.74 Å². The Kier molecular flexibility index (Phi) is 7.18. The summed E-state index contributed by atoms with van der Waals surface area (Å²) < 4.78 is 29.5. The van der Waals surface area contributed by atoms with Gasteiger partial charge in [0.1, 0.15) is 23.5 Å². The number of pyridine rings is 2. The summed E-state index contributed by atoms with van der Waals surface area (Å²) in [5.41, 5.74) is 3.85. The first-order valence-electron chi connectivity index (χ1n) is 12.0. The van der Waals surface area contributed by atoms with Crippen LogP contribution in [0, 0.1) is 0 Å². The Morgan fingerprint density at radius 1 is 1.00 bits per heavy atom. The number of hydrogen-bond donors (Lipinski definition) is 2. The normalized spacial score (nSPS) is 16.0. The number of nitrogens with one attached hydrogen (secondary N) is 1. The molecule has 3 heterocycles. The molecule has 9 heteroatoms. The van der Waals surface area contributed by atoms with Gasteiger partial charge in [0, 0.05) is 42.4 Å². The van der Waals surface area contributed by atoms with E-state index in [1.165, 1.54) is 12.3 Å². The average molecular weight is 517 g/mol. The van der Waals surface area contributed by atoms with Crippen molar-refractivity contribution in [3.8, 4) is 22.6 Å². The molecule has 5 rings (SSSR count). The Labute approximate surface area is 216 Å². The predicted octanol–water partition coefficient (Wildman–Crippen LogP) is 5.00. The number of sulfone groups is 1. The van der Waals surface area contributed by atoms with Gasteiger partial charge in [0.25, 0.3) is 0 Å². The zero-order valence-electron chi connectivity index (χ0n) is 20.4. The van der Waals surface area contributed by atoms with Crippen LogP contribution >= 0.6 is 0 Å². The minimum Gasteiger partial charge on any atom is -0.455 e. The molecular formula is C28H28N4O4S. The molecule has 0 amide bonds. The Morgan fingerprint density at radius 3 is 2.49 bits per heavy atom. The molecule has 37 heavy (non-hydrogen) atoms. The maximum absolute atomic E-state index is 11.7. The summed E-state index contributed by atoms with van der Waals surface area (Å²) in [7, 11) is -3.39. The molecule has 0 radical (unpaired) electrons. The lowest BCUT2D eigenvalue weighted by Crippen LogP contribution is -2.28. The highest BCUT2D eigenvalue weighted by molar-refractivity contribution is 7.90. The fourth-order valence-corrected chi connectivity index (χ4v) is 4.84. The van der Waals surface area contributed by atoms with Crippen LogP contribution < -0.4 is 10.1 Å². The molecule has 0 bridgehead atoms. The highest BCUT2D eigenvalue weighted by atomic mass is 32.2. The molecule has 4 aromatic rings. The van der Waals surface area contributed by atoms with Crippen molar-refractivity contribution >= 4 is 21.3 Å². The van der Waals surface area contributed by atoms with Gasteiger partial charge in [-0.2, -0.15) is 0 Å². The van der Waals surface area contributed by atoms with Crippen molar-refractivity contribution in [2.24, 2.45) is 0 Å². The van der Waals surface area contributed by atoms with E-state index in [0.29, 0.717) is 23.9 Å². The topological polar surface area (TPSA) is 105 Å². The van der Waals surface area contributed by atoms with E-state index in [1.54, 1.807) is 6.07 Å². The molecule has 190 valence electrons. The van der Waals surface area contributed by atoms with Gasteiger partial charge in [-0.05, 0) is 60.9 Å². The fourth-order valence-electron chi connectivity index (χ4n) is 4.28. The summed E-state index contributed by atoms with van der Waals surface area (Å²) in [5.74, 6) is 1.74. The number of benzene rings is 2. The number of aliphatic hydroxyl groups excluding tert-OH is 1. The molecule has 2 N–H and O–H groups in total. The van der Waals surface area contributed by atoms with Gasteiger partial charge in [-0.3, -0.25) is 4.90 Å². The van der Waals surface area contributed by atoms with E-state index in [2.05, 4.69) is 15.3 Å². The largest absolute Gasteiger partial charge is 0.455 e. The van der Waals surface area contributed by atoms with Gasteiger partial charge >= 0.3 is 0 Å². The van der Waals surface area contributed by atoms with Crippen LogP contribution in [0.5, 0.6) is 11.5 Å². The number of anilines is 2. The van der Waals surface area contributed by atoms with Gasteiger partial charge in [0.15, 0.2) is 14.9 Å². The lowest BCUT2D eigenvalue weighted by Gasteiger charge is -2.22. The molecule has 1 aliphatic rings. The number of hydrogen-bond acceptors (Lipinski definition) is 8. The Bertz CT molecular complexity index is 1460. The van der Waals surface area contributed by atoms with Gasteiger partial charge < -0.3 is 15.2 Å². The van der Waals surface area contributed by atoms with Crippen LogP contribution in [0.25, 0.3) is 11.1 Å². The first kappa shape index (κ1) is 24.9. The third-order valence-electron chi connectivity index (χ3n) is 6.22. The summed E-state index contributed by atoms with van der Waals surface area (Å²) in [6, 6.07) is 22.8. The number of likely N-dealkylation sites (tertiary alicyclic amines) is 1. The first-order chi connectivity index (χ1) is 17.8. The number of nitrogens with zero attached hydrogens (tertiary/aromatic N) is 3. The van der Waals surface area contributed by atoms with Crippen LogP contribution in [-0.2, 0) is 16.4 Å². The van der Waals surface area contributed by atoms with E-state index < -0.39 is 16.1 Å². The van der Waals surface area contributed by atoms with Gasteiger partial charge in [0.2, 0.25) is 0 Å². The second-order valence-corrected chi connectivity index (χ2v) is 11.0. The standard InChI is InChI=1S/C28H28N4O4S/c1-37(34,35)27-14-11-24(18-30-27)36-25-12-10-23(16-22(25)19-32-15-5-8-28(32)33)31-26-13-9-21(17-29-26)20-6-3-2-4-7-20/h2-4,6-7,9-14,16-18,28,33H,5,8,15,19H2,1H3,(H,29,31). The summed E-state index contributed by atoms with van der Waals surface area (Å²) in [4.78, 5) is 10.6. The van der Waals surface area contributed by atoms with Crippen LogP contribution in [-0.4, -0.2) is 47.4 Å². The summed E-state index contributed by atoms with van der Waals surface area (Å²) in [6.07, 6.45) is 5.53. The minimum absolute atomic E-state index is 0.00871. The monoisotopic (exact) mass is 516 g/mol. The maximum atomic E-state index is 11.7. The van der Waals surface area contributed by atoms with Crippen molar-refractivity contribution in [3.63, 3.8) is 0 Å². The molecule has 1 unspecified atom stereocenters. The van der Waals surface area contributed by atoms with Crippen molar-refractivity contribution in [3.05, 3.63) is 90.8 Å². The van der Waals surface area contributed by atoms with Crippen molar-refractivity contribution in [2.45, 2.75) is 30.6 Å². The van der Waals surface area contributed by atoms with E-state index in [0.717, 1.165) is 48.0 Å². The smallest absolute Gasteiger partial charge is 0.192 e. The van der Waals surface area contributed by atoms with Crippen LogP contribution in [0.4, 0.5) is 11.5 Å². The molecule has 0 aliphatic carbocycles. The SMILES string of the molecule is CS(=O)(=O)c1ccc(Oc2ccc(Nc3ccc(-c4ccccc4)cn3)cc2CN2CCCC2O)cn1. The van der Waals surface area contributed by atoms with Crippen LogP contribution in [0.3, 0.4) is 0 Å². The maximum Gasteiger partial charge on any atom is 0.192 e. The molecule has 0 spiro atoms. The van der Waals surface area contributed by atoms with E-state index in [-0.39, 0.29) is 5.03 Å². The van der Waals surface area contributed by atoms with Gasteiger partial charge in [-0.25, -0.2) is 18.4 Å². The lowest BCUT2D eigenvalue weighted by atomic mass is 10.1. The molecule has 2 aromatic heterocycles. The molecule has 1 fully saturated rings. The summed E-state index contributed by atoms with van der Waals surface area (Å²) >= 11 is 0. The van der Waals surface area contributed by atoms with Crippen molar-refractivity contribution < 1.29 is 18.3 Å². The lowest BCUT2D eigenvalue weighted by molar-refractivity contribution is 0.0325. The first-order valence-corrected chi connectivity index (χ1v) is 13.9. The Morgan fingerprint density at radius 2 is 1.84 bits per heavy atom. The summed E-state index contributed by atoms with van der Waals surface area (Å²) in [6.45, 7) is 1.30. The van der Waals surface area contributed by atoms with Gasteiger partial charge in [-0.15, -0.1) is 0 Å². The van der Waals surface area contributed by atoms with Gasteiger partial charge in [0.05, 0.1) is 6.20 Å². The number of rotatable bonds is 8. The zero-order valence-corrected chi connectivity index (χ0v) is 21.2. The molecule has 2 aromatic carbocycles. The number of aliphatic hydroxyl groups is 1. The van der Waals surface area contributed by atoms with Crippen LogP contribution in [0.2, 0.25) is 0 Å². The number of ether oxygens (including phenoxy) is 1. The molecular weight excluding hydrogens is 488 g/mol. The quantitative estimate of drug-likeness (QED) is 0.337. The Balaban J connectivity index is 1.38. The Hall–Kier alpha value is -3.79. The third-order valence-corrected chi connectivity index (χ3v) is 7.22. The van der Waals surface area contributed by atoms with E-state index >= 15 is 0 Å². The third kappa shape index (κ3) is 6.14. The van der Waals surface area contributed by atoms with E-state index in [9.17, 15) is 13.5 Å². The van der Waals surface area contributed by atoms with E-state index in [1.807, 2.05) is 71.8 Å². The second-order valence-electron chi connectivity index (χ2n) is 9.05. The number of aromatic nitrogens is 2. The van der Waals surface area contributed by atoms with Crippen molar-refractivity contribution in [2.75, 3.05) is 18.1 Å². The minimum atomic E-state index is -3.39. The fraction of sp³-hybridized carbons (Fsp3) is 0.214. The zero-order chi connectivity index (χ0) is 25.8. The van der Waals surface area contributed by atoms with Crippen molar-refractivity contribution in [1.29, 1.82) is 0 Å². The predicted molar refractivity (Wildman–Crippen MR) is 142 cm³/mol. The second kappa shape index (κ2) is 10.7.